The van der Waals surface area contributed by atoms with Gasteiger partial charge in [-0.2, -0.15) is 0 Å². The number of ether oxygens (including phenoxy) is 2. The first-order valence-corrected chi connectivity index (χ1v) is 12.5. The molecule has 3 aromatic rings. The minimum absolute atomic E-state index is 0.0448. The van der Waals surface area contributed by atoms with Gasteiger partial charge in [-0.05, 0) is 41.0 Å². The fourth-order valence-electron chi connectivity index (χ4n) is 3.86. The summed E-state index contributed by atoms with van der Waals surface area (Å²) in [6, 6.07) is 21.6. The number of benzene rings is 3. The second-order valence-corrected chi connectivity index (χ2v) is 9.09. The van der Waals surface area contributed by atoms with Crippen molar-refractivity contribution in [1.82, 2.24) is 10.6 Å². The number of amides is 2. The van der Waals surface area contributed by atoms with Crippen molar-refractivity contribution in [3.63, 3.8) is 0 Å². The van der Waals surface area contributed by atoms with E-state index in [4.69, 9.17) is 21.1 Å². The van der Waals surface area contributed by atoms with Gasteiger partial charge < -0.3 is 20.1 Å². The zero-order valence-electron chi connectivity index (χ0n) is 21.2. The van der Waals surface area contributed by atoms with Crippen LogP contribution in [0.15, 0.2) is 91.5 Å². The molecule has 0 unspecified atom stereocenters. The molecule has 0 heterocycles. The van der Waals surface area contributed by atoms with Crippen LogP contribution in [0.3, 0.4) is 0 Å². The van der Waals surface area contributed by atoms with Crippen LogP contribution in [0.2, 0.25) is 5.02 Å². The predicted octanol–water partition coefficient (Wildman–Crippen LogP) is 4.08. The lowest BCUT2D eigenvalue weighted by Gasteiger charge is -2.23. The second kappa shape index (κ2) is 14.6. The van der Waals surface area contributed by atoms with E-state index < -0.39 is 24.0 Å². The predicted molar refractivity (Wildman–Crippen MR) is 147 cm³/mol. The van der Waals surface area contributed by atoms with Gasteiger partial charge in [-0.25, -0.2) is 4.79 Å². The standard InChI is InChI=1S/C30H31ClN2O5/c1-3-16-38-25-14-12-22(13-15-25)18-26(32-28(34)20-23-10-7-11-24(31)17-23)29(35)33-27(30(36)37-2)19-21-8-5-4-6-9-21/h3-15,17,26-27H,1,16,18-20H2,2H3,(H,32,34)(H,33,35)/t26-,27-/m0/s1. The van der Waals surface area contributed by atoms with Gasteiger partial charge in [-0.1, -0.05) is 78.9 Å². The molecule has 2 N–H and O–H groups in total. The summed E-state index contributed by atoms with van der Waals surface area (Å²) in [6.07, 6.45) is 2.14. The third-order valence-corrected chi connectivity index (χ3v) is 5.96. The average molecular weight is 535 g/mol. The molecule has 7 nitrogen and oxygen atoms in total. The smallest absolute Gasteiger partial charge is 0.328 e. The van der Waals surface area contributed by atoms with Crippen LogP contribution in [-0.4, -0.2) is 43.6 Å². The van der Waals surface area contributed by atoms with E-state index in [0.717, 1.165) is 16.7 Å². The van der Waals surface area contributed by atoms with Crippen LogP contribution in [0, 0.1) is 0 Å². The first-order valence-electron chi connectivity index (χ1n) is 12.2. The Morgan fingerprint density at radius 3 is 2.18 bits per heavy atom. The van der Waals surface area contributed by atoms with Crippen molar-refractivity contribution in [2.24, 2.45) is 0 Å². The van der Waals surface area contributed by atoms with Crippen LogP contribution in [0.5, 0.6) is 5.75 Å². The molecular formula is C30H31ClN2O5. The van der Waals surface area contributed by atoms with Crippen LogP contribution in [-0.2, 0) is 38.4 Å². The summed E-state index contributed by atoms with van der Waals surface area (Å²) in [6.45, 7) is 4.01. The van der Waals surface area contributed by atoms with E-state index in [2.05, 4.69) is 17.2 Å². The lowest BCUT2D eigenvalue weighted by Crippen LogP contribution is -2.53. The van der Waals surface area contributed by atoms with E-state index in [1.807, 2.05) is 42.5 Å². The summed E-state index contributed by atoms with van der Waals surface area (Å²) in [5.74, 6) is -0.762. The zero-order valence-corrected chi connectivity index (χ0v) is 21.9. The van der Waals surface area contributed by atoms with Crippen molar-refractivity contribution in [2.45, 2.75) is 31.3 Å². The number of hydrogen-bond donors (Lipinski definition) is 2. The monoisotopic (exact) mass is 534 g/mol. The van der Waals surface area contributed by atoms with E-state index in [9.17, 15) is 14.4 Å². The molecule has 3 rings (SSSR count). The quantitative estimate of drug-likeness (QED) is 0.255. The van der Waals surface area contributed by atoms with Gasteiger partial charge in [0.25, 0.3) is 0 Å². The van der Waals surface area contributed by atoms with Crippen LogP contribution in [0.1, 0.15) is 16.7 Å². The maximum atomic E-state index is 13.4. The molecule has 8 heteroatoms. The molecule has 0 aromatic heterocycles. The Bertz CT molecular complexity index is 1230. The molecule has 38 heavy (non-hydrogen) atoms. The molecule has 0 saturated heterocycles. The largest absolute Gasteiger partial charge is 0.490 e. The van der Waals surface area contributed by atoms with Crippen molar-refractivity contribution < 1.29 is 23.9 Å². The molecular weight excluding hydrogens is 504 g/mol. The second-order valence-electron chi connectivity index (χ2n) is 8.65. The Labute approximate surface area is 227 Å². The number of carbonyl (C=O) groups is 3. The third kappa shape index (κ3) is 9.09. The van der Waals surface area contributed by atoms with Crippen LogP contribution in [0.25, 0.3) is 0 Å². The van der Waals surface area contributed by atoms with E-state index in [0.29, 0.717) is 17.4 Å². The summed E-state index contributed by atoms with van der Waals surface area (Å²) in [5, 5.41) is 6.11. The minimum atomic E-state index is -0.940. The number of hydrogen-bond acceptors (Lipinski definition) is 5. The lowest BCUT2D eigenvalue weighted by atomic mass is 10.0. The molecule has 3 aromatic carbocycles. The van der Waals surface area contributed by atoms with Gasteiger partial charge in [0.05, 0.1) is 13.5 Å². The molecule has 0 fully saturated rings. The van der Waals surface area contributed by atoms with Crippen LogP contribution in [0.4, 0.5) is 0 Å². The molecule has 0 bridgehead atoms. The first-order chi connectivity index (χ1) is 18.4. The Morgan fingerprint density at radius 1 is 0.868 bits per heavy atom. The lowest BCUT2D eigenvalue weighted by molar-refractivity contribution is -0.145. The van der Waals surface area contributed by atoms with E-state index in [1.54, 1.807) is 42.5 Å². The molecule has 0 aliphatic carbocycles. The molecule has 0 aliphatic heterocycles. The van der Waals surface area contributed by atoms with E-state index >= 15 is 0 Å². The topological polar surface area (TPSA) is 93.7 Å². The summed E-state index contributed by atoms with van der Waals surface area (Å²) in [7, 11) is 1.27. The normalized spacial score (nSPS) is 12.1. The molecule has 0 spiro atoms. The highest BCUT2D eigenvalue weighted by Gasteiger charge is 2.28. The van der Waals surface area contributed by atoms with Crippen LogP contribution < -0.4 is 15.4 Å². The summed E-state index contributed by atoms with van der Waals surface area (Å²) >= 11 is 6.05. The number of halogens is 1. The molecule has 0 saturated carbocycles. The Kier molecular flexibility index (Phi) is 10.9. The van der Waals surface area contributed by atoms with Gasteiger partial charge in [0.2, 0.25) is 11.8 Å². The van der Waals surface area contributed by atoms with Crippen molar-refractivity contribution >= 4 is 29.4 Å². The number of esters is 1. The van der Waals surface area contributed by atoms with Crippen molar-refractivity contribution in [3.8, 4) is 5.75 Å². The number of carbonyl (C=O) groups excluding carboxylic acids is 3. The van der Waals surface area contributed by atoms with E-state index in [1.165, 1.54) is 7.11 Å². The maximum Gasteiger partial charge on any atom is 0.328 e. The van der Waals surface area contributed by atoms with E-state index in [-0.39, 0.29) is 25.2 Å². The minimum Gasteiger partial charge on any atom is -0.490 e. The fraction of sp³-hybridized carbons (Fsp3) is 0.233. The Balaban J connectivity index is 1.77. The van der Waals surface area contributed by atoms with Gasteiger partial charge in [-0.15, -0.1) is 0 Å². The highest BCUT2D eigenvalue weighted by atomic mass is 35.5. The van der Waals surface area contributed by atoms with Gasteiger partial charge in [0, 0.05) is 17.9 Å². The molecule has 2 atom stereocenters. The maximum absolute atomic E-state index is 13.4. The zero-order chi connectivity index (χ0) is 27.3. The third-order valence-electron chi connectivity index (χ3n) is 5.72. The first kappa shape index (κ1) is 28.5. The fourth-order valence-corrected chi connectivity index (χ4v) is 4.07. The number of nitrogens with one attached hydrogen (secondary N) is 2. The Morgan fingerprint density at radius 2 is 1.53 bits per heavy atom. The number of methoxy groups -OCH3 is 1. The highest BCUT2D eigenvalue weighted by molar-refractivity contribution is 6.30. The highest BCUT2D eigenvalue weighted by Crippen LogP contribution is 2.15. The number of rotatable bonds is 13. The van der Waals surface area contributed by atoms with Crippen LogP contribution >= 0.6 is 11.6 Å². The average Bonchev–Trinajstić information content (AvgIpc) is 2.92. The van der Waals surface area contributed by atoms with Crippen molar-refractivity contribution in [2.75, 3.05) is 13.7 Å². The molecule has 0 aliphatic rings. The van der Waals surface area contributed by atoms with Gasteiger partial charge in [0.15, 0.2) is 0 Å². The van der Waals surface area contributed by atoms with Gasteiger partial charge in [-0.3, -0.25) is 9.59 Å². The summed E-state index contributed by atoms with van der Waals surface area (Å²) < 4.78 is 10.4. The van der Waals surface area contributed by atoms with Gasteiger partial charge >= 0.3 is 5.97 Å². The van der Waals surface area contributed by atoms with Crippen molar-refractivity contribution in [1.29, 1.82) is 0 Å². The van der Waals surface area contributed by atoms with Gasteiger partial charge in [0.1, 0.15) is 24.4 Å². The summed E-state index contributed by atoms with van der Waals surface area (Å²) in [4.78, 5) is 38.8. The SMILES string of the molecule is C=CCOc1ccc(C[C@H](NC(=O)Cc2cccc(Cl)c2)C(=O)N[C@@H](Cc2ccccc2)C(=O)OC)cc1. The molecule has 198 valence electrons. The Hall–Kier alpha value is -4.10. The molecule has 0 radical (unpaired) electrons. The molecule has 2 amide bonds. The van der Waals surface area contributed by atoms with Crippen molar-refractivity contribution in [3.05, 3.63) is 113 Å². The summed E-state index contributed by atoms with van der Waals surface area (Å²) in [5.41, 5.74) is 2.38.